The Balaban J connectivity index is 1.32. The Labute approximate surface area is 174 Å². The molecule has 1 atom stereocenters. The van der Waals surface area contributed by atoms with E-state index in [1.54, 1.807) is 23.4 Å². The van der Waals surface area contributed by atoms with Crippen molar-refractivity contribution in [2.75, 3.05) is 10.8 Å². The molecule has 1 aliphatic carbocycles. The summed E-state index contributed by atoms with van der Waals surface area (Å²) in [5.74, 6) is 3.60. The number of thioether (sulfide) groups is 1. The fourth-order valence-electron chi connectivity index (χ4n) is 4.27. The highest BCUT2D eigenvalue weighted by Crippen LogP contribution is 2.44. The molecule has 1 aliphatic heterocycles. The quantitative estimate of drug-likeness (QED) is 0.607. The smallest absolute Gasteiger partial charge is 0.239 e. The van der Waals surface area contributed by atoms with Crippen LogP contribution in [0, 0.1) is 5.92 Å². The molecule has 1 saturated carbocycles. The van der Waals surface area contributed by atoms with Crippen molar-refractivity contribution in [3.8, 4) is 17.4 Å². The van der Waals surface area contributed by atoms with Crippen LogP contribution in [0.15, 0.2) is 48.1 Å². The van der Waals surface area contributed by atoms with Gasteiger partial charge in [-0.25, -0.2) is 9.67 Å². The molecule has 7 nitrogen and oxygen atoms in total. The number of aromatic nitrogens is 5. The zero-order valence-electron chi connectivity index (χ0n) is 16.4. The average molecular weight is 409 g/mol. The molecular weight excluding hydrogens is 384 g/mol. The number of fused-ring (bicyclic) bond motifs is 1. The van der Waals surface area contributed by atoms with Crippen LogP contribution >= 0.6 is 11.8 Å². The van der Waals surface area contributed by atoms with E-state index in [1.807, 2.05) is 17.8 Å². The minimum Gasteiger partial charge on any atom is -0.437 e. The molecule has 0 unspecified atom stereocenters. The minimum absolute atomic E-state index is 0.438. The number of benzene rings is 1. The van der Waals surface area contributed by atoms with E-state index in [2.05, 4.69) is 44.0 Å². The summed E-state index contributed by atoms with van der Waals surface area (Å²) in [5, 5.41) is 4.08. The molecular formula is C21H24N6OS. The van der Waals surface area contributed by atoms with Crippen molar-refractivity contribution in [2.45, 2.75) is 50.0 Å². The molecule has 8 heteroatoms. The Morgan fingerprint density at radius 3 is 2.86 bits per heavy atom. The SMILES string of the molecule is C[C@@H](C1CCCCC1)N1CSc2cc(Oc3cncc(-n4cncn4)n3)ccc21. The Morgan fingerprint density at radius 2 is 2.03 bits per heavy atom. The van der Waals surface area contributed by atoms with E-state index in [0.717, 1.165) is 17.5 Å². The van der Waals surface area contributed by atoms with Crippen LogP contribution in [0.3, 0.4) is 0 Å². The van der Waals surface area contributed by atoms with Crippen LogP contribution in [-0.4, -0.2) is 36.7 Å². The normalized spacial score (nSPS) is 17.9. The van der Waals surface area contributed by atoms with Gasteiger partial charge in [0.05, 0.1) is 24.0 Å². The van der Waals surface area contributed by atoms with E-state index in [0.29, 0.717) is 17.7 Å². The van der Waals surface area contributed by atoms with Gasteiger partial charge in [0, 0.05) is 10.9 Å². The predicted octanol–water partition coefficient (Wildman–Crippen LogP) is 4.69. The molecule has 29 heavy (non-hydrogen) atoms. The van der Waals surface area contributed by atoms with Crippen LogP contribution in [0.4, 0.5) is 5.69 Å². The third-order valence-corrected chi connectivity index (χ3v) is 6.94. The monoisotopic (exact) mass is 408 g/mol. The summed E-state index contributed by atoms with van der Waals surface area (Å²) < 4.78 is 7.55. The highest BCUT2D eigenvalue weighted by Gasteiger charge is 2.30. The first-order chi connectivity index (χ1) is 14.3. The van der Waals surface area contributed by atoms with Crippen LogP contribution in [-0.2, 0) is 0 Å². The Bertz CT molecular complexity index is 973. The molecule has 0 amide bonds. The summed E-state index contributed by atoms with van der Waals surface area (Å²) in [6.07, 6.45) is 13.2. The van der Waals surface area contributed by atoms with Crippen LogP contribution in [0.5, 0.6) is 11.6 Å². The first-order valence-corrected chi connectivity index (χ1v) is 11.1. The number of nitrogens with zero attached hydrogens (tertiary/aromatic N) is 6. The number of hydrogen-bond donors (Lipinski definition) is 0. The van der Waals surface area contributed by atoms with Crippen LogP contribution in [0.1, 0.15) is 39.0 Å². The first kappa shape index (κ1) is 18.4. The summed E-state index contributed by atoms with van der Waals surface area (Å²) >= 11 is 1.88. The van der Waals surface area contributed by atoms with Crippen molar-refractivity contribution in [1.29, 1.82) is 0 Å². The van der Waals surface area contributed by atoms with Gasteiger partial charge in [0.1, 0.15) is 18.4 Å². The molecule has 0 N–H and O–H groups in total. The minimum atomic E-state index is 0.438. The van der Waals surface area contributed by atoms with Gasteiger partial charge in [-0.3, -0.25) is 4.98 Å². The van der Waals surface area contributed by atoms with E-state index >= 15 is 0 Å². The summed E-state index contributed by atoms with van der Waals surface area (Å²) in [5.41, 5.74) is 1.32. The number of rotatable bonds is 5. The van der Waals surface area contributed by atoms with Gasteiger partial charge in [-0.15, -0.1) is 11.8 Å². The highest BCUT2D eigenvalue weighted by molar-refractivity contribution is 7.99. The van der Waals surface area contributed by atoms with Crippen LogP contribution in [0.25, 0.3) is 5.82 Å². The third-order valence-electron chi connectivity index (χ3n) is 5.90. The van der Waals surface area contributed by atoms with Gasteiger partial charge in [0.15, 0.2) is 5.82 Å². The van der Waals surface area contributed by atoms with Gasteiger partial charge >= 0.3 is 0 Å². The van der Waals surface area contributed by atoms with Crippen molar-refractivity contribution in [1.82, 2.24) is 24.7 Å². The van der Waals surface area contributed by atoms with E-state index in [-0.39, 0.29) is 0 Å². The summed E-state index contributed by atoms with van der Waals surface area (Å²) in [7, 11) is 0. The average Bonchev–Trinajstić information content (AvgIpc) is 3.44. The van der Waals surface area contributed by atoms with Crippen molar-refractivity contribution < 1.29 is 4.74 Å². The molecule has 0 bridgehead atoms. The van der Waals surface area contributed by atoms with Gasteiger partial charge in [0.2, 0.25) is 5.88 Å². The lowest BCUT2D eigenvalue weighted by molar-refractivity contribution is 0.309. The van der Waals surface area contributed by atoms with Gasteiger partial charge < -0.3 is 9.64 Å². The van der Waals surface area contributed by atoms with Crippen molar-refractivity contribution >= 4 is 17.4 Å². The van der Waals surface area contributed by atoms with E-state index in [4.69, 9.17) is 4.74 Å². The number of ether oxygens (including phenoxy) is 1. The molecule has 2 aromatic heterocycles. The summed E-state index contributed by atoms with van der Waals surface area (Å²) in [6.45, 7) is 2.39. The van der Waals surface area contributed by atoms with Gasteiger partial charge in [0.25, 0.3) is 0 Å². The fourth-order valence-corrected chi connectivity index (χ4v) is 5.46. The molecule has 5 rings (SSSR count). The maximum atomic E-state index is 5.99. The molecule has 0 spiro atoms. The maximum Gasteiger partial charge on any atom is 0.239 e. The van der Waals surface area contributed by atoms with Gasteiger partial charge in [-0.1, -0.05) is 19.3 Å². The predicted molar refractivity (Wildman–Crippen MR) is 113 cm³/mol. The van der Waals surface area contributed by atoms with E-state index in [1.165, 1.54) is 49.0 Å². The lowest BCUT2D eigenvalue weighted by atomic mass is 9.84. The van der Waals surface area contributed by atoms with Crippen LogP contribution in [0.2, 0.25) is 0 Å². The number of hydrogen-bond acceptors (Lipinski definition) is 7. The lowest BCUT2D eigenvalue weighted by Gasteiger charge is -2.35. The Morgan fingerprint density at radius 1 is 1.14 bits per heavy atom. The summed E-state index contributed by atoms with van der Waals surface area (Å²) in [4.78, 5) is 16.4. The largest absolute Gasteiger partial charge is 0.437 e. The molecule has 1 fully saturated rings. The topological polar surface area (TPSA) is 69.0 Å². The van der Waals surface area contributed by atoms with Crippen LogP contribution < -0.4 is 9.64 Å². The Hall–Kier alpha value is -2.61. The molecule has 3 aromatic rings. The molecule has 2 aliphatic rings. The highest BCUT2D eigenvalue weighted by atomic mass is 32.2. The second-order valence-electron chi connectivity index (χ2n) is 7.67. The third kappa shape index (κ3) is 3.81. The second-order valence-corrected chi connectivity index (χ2v) is 8.66. The fraction of sp³-hybridized carbons (Fsp3) is 0.429. The molecule has 150 valence electrons. The lowest BCUT2D eigenvalue weighted by Crippen LogP contribution is -2.37. The van der Waals surface area contributed by atoms with Gasteiger partial charge in [-0.2, -0.15) is 10.1 Å². The number of anilines is 1. The zero-order valence-corrected chi connectivity index (χ0v) is 17.3. The van der Waals surface area contributed by atoms with E-state index in [9.17, 15) is 0 Å². The molecule has 0 radical (unpaired) electrons. The Kier molecular flexibility index (Phi) is 5.10. The van der Waals surface area contributed by atoms with Crippen molar-refractivity contribution in [3.63, 3.8) is 0 Å². The van der Waals surface area contributed by atoms with Crippen molar-refractivity contribution in [3.05, 3.63) is 43.2 Å². The van der Waals surface area contributed by atoms with Crippen molar-refractivity contribution in [2.24, 2.45) is 5.92 Å². The molecule has 3 heterocycles. The second kappa shape index (κ2) is 8.02. The van der Waals surface area contributed by atoms with Gasteiger partial charge in [-0.05, 0) is 43.9 Å². The maximum absolute atomic E-state index is 5.99. The first-order valence-electron chi connectivity index (χ1n) is 10.2. The summed E-state index contributed by atoms with van der Waals surface area (Å²) in [6, 6.07) is 6.90. The van der Waals surface area contributed by atoms with E-state index < -0.39 is 0 Å². The molecule has 0 saturated heterocycles. The molecule has 1 aromatic carbocycles. The zero-order chi connectivity index (χ0) is 19.6. The standard InChI is InChI=1S/C21H24N6OS/c1-15(16-5-3-2-4-6-16)26-14-29-19-9-17(7-8-18(19)26)28-21-11-22-10-20(25-21)27-13-23-12-24-27/h7-13,15-16H,2-6,14H2,1H3/t15-/m0/s1.